The van der Waals surface area contributed by atoms with Crippen molar-refractivity contribution in [1.29, 1.82) is 0 Å². The van der Waals surface area contributed by atoms with Crippen LogP contribution in [0, 0.1) is 5.82 Å². The van der Waals surface area contributed by atoms with Crippen LogP contribution in [0.1, 0.15) is 17.2 Å². The van der Waals surface area contributed by atoms with Gasteiger partial charge in [-0.05, 0) is 46.1 Å². The van der Waals surface area contributed by atoms with Gasteiger partial charge in [0, 0.05) is 19.9 Å². The molecular weight excluding hydrogens is 369 g/mol. The minimum Gasteiger partial charge on any atom is -0.309 e. The summed E-state index contributed by atoms with van der Waals surface area (Å²) in [5.74, 6) is -0.211. The third-order valence-corrected chi connectivity index (χ3v) is 4.97. The van der Waals surface area contributed by atoms with E-state index in [1.54, 1.807) is 17.4 Å². The summed E-state index contributed by atoms with van der Waals surface area (Å²) < 4.78 is 15.7. The monoisotopic (exact) mass is 377 g/mol. The van der Waals surface area contributed by atoms with Gasteiger partial charge >= 0.3 is 0 Å². The molecule has 0 radical (unpaired) electrons. The second-order valence-electron chi connectivity index (χ2n) is 3.53. The van der Waals surface area contributed by atoms with Gasteiger partial charge in [-0.15, -0.1) is 0 Å². The maximum atomic E-state index is 13.9. The Labute approximate surface area is 120 Å². The fourth-order valence-electron chi connectivity index (χ4n) is 1.74. The average Bonchev–Trinajstić information content (AvgIpc) is 2.70. The maximum absolute atomic E-state index is 13.9. The molecule has 17 heavy (non-hydrogen) atoms. The molecule has 0 bridgehead atoms. The van der Waals surface area contributed by atoms with E-state index in [-0.39, 0.29) is 11.9 Å². The van der Waals surface area contributed by atoms with Crippen LogP contribution in [-0.2, 0) is 0 Å². The van der Waals surface area contributed by atoms with E-state index in [1.165, 1.54) is 6.07 Å². The van der Waals surface area contributed by atoms with Gasteiger partial charge in [-0.2, -0.15) is 11.3 Å². The van der Waals surface area contributed by atoms with Crippen molar-refractivity contribution in [3.63, 3.8) is 0 Å². The largest absolute Gasteiger partial charge is 0.309 e. The zero-order valence-electron chi connectivity index (χ0n) is 9.01. The molecule has 0 saturated heterocycles. The van der Waals surface area contributed by atoms with Crippen LogP contribution in [0.3, 0.4) is 0 Å². The standard InChI is InChI=1S/C12H10Br2FNS/c1-16-12(7-5-17-6-9(7)14)11-8(13)3-2-4-10(11)15/h2-6,12,16H,1H3. The fraction of sp³-hybridized carbons (Fsp3) is 0.167. The van der Waals surface area contributed by atoms with E-state index in [0.29, 0.717) is 5.56 Å². The van der Waals surface area contributed by atoms with E-state index in [4.69, 9.17) is 0 Å². The quantitative estimate of drug-likeness (QED) is 0.814. The Bertz CT molecular complexity index is 507. The summed E-state index contributed by atoms with van der Waals surface area (Å²) in [5, 5.41) is 7.16. The average molecular weight is 379 g/mol. The number of hydrogen-bond acceptors (Lipinski definition) is 2. The molecule has 2 aromatic rings. The van der Waals surface area contributed by atoms with E-state index >= 15 is 0 Å². The van der Waals surface area contributed by atoms with Gasteiger partial charge in [0.2, 0.25) is 0 Å². The highest BCUT2D eigenvalue weighted by Gasteiger charge is 2.21. The number of halogens is 3. The molecule has 2 rings (SSSR count). The minimum absolute atomic E-state index is 0.161. The van der Waals surface area contributed by atoms with Crippen molar-refractivity contribution in [2.45, 2.75) is 6.04 Å². The number of benzene rings is 1. The molecule has 1 unspecified atom stereocenters. The summed E-state index contributed by atoms with van der Waals surface area (Å²) in [6.45, 7) is 0. The highest BCUT2D eigenvalue weighted by Crippen LogP contribution is 2.35. The van der Waals surface area contributed by atoms with Crippen LogP contribution in [0.15, 0.2) is 37.9 Å². The minimum atomic E-state index is -0.211. The van der Waals surface area contributed by atoms with Crippen molar-refractivity contribution in [3.8, 4) is 0 Å². The molecule has 0 aliphatic carbocycles. The highest BCUT2D eigenvalue weighted by molar-refractivity contribution is 9.10. The molecule has 0 fully saturated rings. The lowest BCUT2D eigenvalue weighted by molar-refractivity contribution is 0.574. The topological polar surface area (TPSA) is 12.0 Å². The lowest BCUT2D eigenvalue weighted by Gasteiger charge is -2.18. The van der Waals surface area contributed by atoms with Crippen molar-refractivity contribution in [3.05, 3.63) is 54.8 Å². The van der Waals surface area contributed by atoms with E-state index in [9.17, 15) is 4.39 Å². The van der Waals surface area contributed by atoms with Crippen LogP contribution >= 0.6 is 43.2 Å². The molecule has 0 spiro atoms. The van der Waals surface area contributed by atoms with Crippen molar-refractivity contribution in [2.24, 2.45) is 0 Å². The molecule has 1 aromatic carbocycles. The lowest BCUT2D eigenvalue weighted by Crippen LogP contribution is -2.19. The third kappa shape index (κ3) is 2.62. The predicted molar refractivity (Wildman–Crippen MR) is 77.0 cm³/mol. The molecule has 0 saturated carbocycles. The summed E-state index contributed by atoms with van der Waals surface area (Å²) in [6, 6.07) is 4.86. The summed E-state index contributed by atoms with van der Waals surface area (Å²) in [5.41, 5.74) is 1.68. The molecule has 1 nitrogen and oxygen atoms in total. The van der Waals surface area contributed by atoms with E-state index in [1.807, 2.05) is 23.9 Å². The Kier molecular flexibility index (Phi) is 4.36. The smallest absolute Gasteiger partial charge is 0.129 e. The van der Waals surface area contributed by atoms with Crippen molar-refractivity contribution in [2.75, 3.05) is 7.05 Å². The summed E-state index contributed by atoms with van der Waals surface area (Å²) >= 11 is 8.49. The zero-order chi connectivity index (χ0) is 12.4. The van der Waals surface area contributed by atoms with Crippen LogP contribution < -0.4 is 5.32 Å². The normalized spacial score (nSPS) is 12.7. The van der Waals surface area contributed by atoms with Crippen LogP contribution in [0.2, 0.25) is 0 Å². The Morgan fingerprint density at radius 3 is 2.53 bits per heavy atom. The third-order valence-electron chi connectivity index (χ3n) is 2.53. The van der Waals surface area contributed by atoms with Gasteiger partial charge in [-0.25, -0.2) is 4.39 Å². The first-order valence-corrected chi connectivity index (χ1v) is 7.50. The van der Waals surface area contributed by atoms with Gasteiger partial charge in [0.15, 0.2) is 0 Å². The summed E-state index contributed by atoms with van der Waals surface area (Å²) in [4.78, 5) is 0. The van der Waals surface area contributed by atoms with Crippen LogP contribution in [0.4, 0.5) is 4.39 Å². The number of rotatable bonds is 3. The van der Waals surface area contributed by atoms with Gasteiger partial charge in [0.05, 0.1) is 6.04 Å². The molecule has 0 amide bonds. The Morgan fingerprint density at radius 2 is 2.00 bits per heavy atom. The predicted octanol–water partition coefficient (Wildman–Crippen LogP) is 4.72. The van der Waals surface area contributed by atoms with Crippen LogP contribution in [0.25, 0.3) is 0 Å². The van der Waals surface area contributed by atoms with Crippen molar-refractivity contribution >= 4 is 43.2 Å². The van der Waals surface area contributed by atoms with Crippen LogP contribution in [-0.4, -0.2) is 7.05 Å². The van der Waals surface area contributed by atoms with Crippen molar-refractivity contribution < 1.29 is 4.39 Å². The van der Waals surface area contributed by atoms with E-state index in [0.717, 1.165) is 14.5 Å². The molecule has 1 heterocycles. The molecule has 90 valence electrons. The number of hydrogen-bond donors (Lipinski definition) is 1. The first-order valence-electron chi connectivity index (χ1n) is 4.98. The lowest BCUT2D eigenvalue weighted by atomic mass is 10.0. The number of thiophene rings is 1. The summed E-state index contributed by atoms with van der Waals surface area (Å²) in [6.07, 6.45) is 0. The van der Waals surface area contributed by atoms with Gasteiger partial charge in [0.1, 0.15) is 5.82 Å². The van der Waals surface area contributed by atoms with Gasteiger partial charge < -0.3 is 5.32 Å². The SMILES string of the molecule is CNC(c1cscc1Br)c1c(F)cccc1Br. The van der Waals surface area contributed by atoms with Gasteiger partial charge in [-0.1, -0.05) is 22.0 Å². The molecular formula is C12H10Br2FNS. The molecule has 1 atom stereocenters. The second kappa shape index (κ2) is 5.61. The fourth-order valence-corrected chi connectivity index (χ4v) is 3.86. The molecule has 0 aliphatic rings. The summed E-state index contributed by atoms with van der Waals surface area (Å²) in [7, 11) is 1.83. The number of nitrogens with one attached hydrogen (secondary N) is 1. The molecule has 0 aliphatic heterocycles. The van der Waals surface area contributed by atoms with Gasteiger partial charge in [-0.3, -0.25) is 0 Å². The first-order chi connectivity index (χ1) is 8.15. The van der Waals surface area contributed by atoms with Crippen molar-refractivity contribution in [1.82, 2.24) is 5.32 Å². The van der Waals surface area contributed by atoms with E-state index in [2.05, 4.69) is 37.2 Å². The maximum Gasteiger partial charge on any atom is 0.129 e. The van der Waals surface area contributed by atoms with Gasteiger partial charge in [0.25, 0.3) is 0 Å². The molecule has 1 N–H and O–H groups in total. The Hall–Kier alpha value is -0.230. The highest BCUT2D eigenvalue weighted by atomic mass is 79.9. The van der Waals surface area contributed by atoms with E-state index < -0.39 is 0 Å². The Morgan fingerprint density at radius 1 is 1.24 bits per heavy atom. The molecule has 5 heteroatoms. The van der Waals surface area contributed by atoms with Crippen LogP contribution in [0.5, 0.6) is 0 Å². The first kappa shape index (κ1) is 13.2. The zero-order valence-corrected chi connectivity index (χ0v) is 13.0. The Balaban J connectivity index is 2.53. The second-order valence-corrected chi connectivity index (χ2v) is 5.98. The molecule has 1 aromatic heterocycles.